The molecule has 13 atom stereocenters. The van der Waals surface area contributed by atoms with Crippen molar-refractivity contribution in [3.05, 3.63) is 24.3 Å². The largest absolute Gasteiger partial charge is 0.462 e. The van der Waals surface area contributed by atoms with Gasteiger partial charge in [0.25, 0.3) is 0 Å². The summed E-state index contributed by atoms with van der Waals surface area (Å²) in [6.07, 6.45) is 5.78. The zero-order chi connectivity index (χ0) is 37.4. The number of aliphatic hydroxyl groups is 1. The molecule has 0 aromatic heterocycles. The van der Waals surface area contributed by atoms with E-state index in [0.29, 0.717) is 24.2 Å². The molecule has 0 aliphatic heterocycles. The number of hydrogen-bond donors (Lipinski definition) is 2. The van der Waals surface area contributed by atoms with Crippen LogP contribution in [0.2, 0.25) is 0 Å². The Kier molecular flexibility index (Phi) is 9.85. The van der Waals surface area contributed by atoms with Gasteiger partial charge in [0.2, 0.25) is 0 Å². The van der Waals surface area contributed by atoms with Crippen LogP contribution in [0.1, 0.15) is 101 Å². The Morgan fingerprint density at radius 3 is 2.34 bits per heavy atom. The van der Waals surface area contributed by atoms with Gasteiger partial charge in [-0.3, -0.25) is 19.2 Å². The third-order valence-electron chi connectivity index (χ3n) is 14.5. The van der Waals surface area contributed by atoms with Gasteiger partial charge >= 0.3 is 18.0 Å². The minimum atomic E-state index is -1.29. The standard InChI is InChI=1S/C40H59NO9/c1-21(20-42)22(2)33(46)34(49-31(45)19-41-35(47)50-36(7,8)9)24(4)32-29(48-26(6)43)18-38(11)30-13-12-27-23(3)28(44)14-15-39(27)25(5)40(30,39)17-16-37(32,38)10/h14-15,21,23-25,27,29-30,32,34,42H,2,12-13,16-20H2,1,3-11H3,(H,41,47)/t21-,23-,24-,25+,27?,29-,30-,32?,34+,37+,38-,39?,40-/m0/s1. The number of ether oxygens (including phenoxy) is 3. The molecule has 2 N–H and O–H groups in total. The van der Waals surface area contributed by atoms with Crippen molar-refractivity contribution in [1.82, 2.24) is 5.32 Å². The SMILES string of the molecule is C=C(C(=O)[C@H](OC(=O)CNC(=O)OC(C)(C)C)[C@@H](C)C1[C@@H](OC(C)=O)C[C@@]2(C)[C@@H]3CCC4[C@H](C)C(=O)C=CC45[C@@H](C)[C@@]35CC[C@]12C)[C@@H](C)CO. The molecule has 5 aliphatic carbocycles. The Morgan fingerprint density at radius 2 is 1.74 bits per heavy atom. The molecule has 278 valence electrons. The van der Waals surface area contributed by atoms with E-state index in [4.69, 9.17) is 14.2 Å². The van der Waals surface area contributed by atoms with Crippen LogP contribution in [0.5, 0.6) is 0 Å². The summed E-state index contributed by atoms with van der Waals surface area (Å²) in [4.78, 5) is 65.3. The summed E-state index contributed by atoms with van der Waals surface area (Å²) in [5.74, 6) is -2.00. The van der Waals surface area contributed by atoms with Crippen molar-refractivity contribution in [2.75, 3.05) is 13.2 Å². The van der Waals surface area contributed by atoms with Crippen molar-refractivity contribution >= 4 is 29.6 Å². The van der Waals surface area contributed by atoms with Gasteiger partial charge in [-0.05, 0) is 98.5 Å². The highest BCUT2D eigenvalue weighted by Crippen LogP contribution is 2.89. The zero-order valence-electron chi connectivity index (χ0n) is 31.7. The lowest BCUT2D eigenvalue weighted by atomic mass is 9.43. The van der Waals surface area contributed by atoms with E-state index in [0.717, 1.165) is 25.7 Å². The molecule has 5 rings (SSSR count). The van der Waals surface area contributed by atoms with Gasteiger partial charge in [0.05, 0.1) is 0 Å². The van der Waals surface area contributed by atoms with E-state index >= 15 is 0 Å². The molecule has 0 aromatic carbocycles. The highest BCUT2D eigenvalue weighted by Gasteiger charge is 2.85. The second-order valence-corrected chi connectivity index (χ2v) is 17.8. The molecule has 2 spiro atoms. The van der Waals surface area contributed by atoms with Crippen molar-refractivity contribution in [1.29, 1.82) is 0 Å². The Balaban J connectivity index is 1.50. The van der Waals surface area contributed by atoms with Gasteiger partial charge in [-0.25, -0.2) is 4.79 Å². The lowest BCUT2D eigenvalue weighted by Crippen LogP contribution is -2.56. The quantitative estimate of drug-likeness (QED) is 0.160. The average Bonchev–Trinajstić information content (AvgIpc) is 3.46. The second kappa shape index (κ2) is 12.9. The molecule has 0 heterocycles. The van der Waals surface area contributed by atoms with Gasteiger partial charge in [-0.1, -0.05) is 54.2 Å². The van der Waals surface area contributed by atoms with Gasteiger partial charge in [-0.2, -0.15) is 0 Å². The molecule has 10 nitrogen and oxygen atoms in total. The average molecular weight is 698 g/mol. The highest BCUT2D eigenvalue weighted by molar-refractivity contribution is 6.00. The molecule has 0 aromatic rings. The van der Waals surface area contributed by atoms with Crippen LogP contribution in [0.3, 0.4) is 0 Å². The van der Waals surface area contributed by atoms with Crippen LogP contribution >= 0.6 is 0 Å². The number of alkyl carbamates (subject to hydrolysis) is 1. The third kappa shape index (κ3) is 5.66. The van der Waals surface area contributed by atoms with E-state index in [2.05, 4.69) is 45.7 Å². The first-order chi connectivity index (χ1) is 23.1. The molecule has 0 saturated heterocycles. The first kappa shape index (κ1) is 38.2. The van der Waals surface area contributed by atoms with E-state index in [-0.39, 0.29) is 46.0 Å². The summed E-state index contributed by atoms with van der Waals surface area (Å²) in [6.45, 7) is 22.3. The molecule has 1 amide bonds. The summed E-state index contributed by atoms with van der Waals surface area (Å²) in [6, 6.07) is 0. The van der Waals surface area contributed by atoms with Crippen LogP contribution in [0, 0.1) is 63.1 Å². The van der Waals surface area contributed by atoms with Crippen molar-refractivity contribution in [2.24, 2.45) is 63.1 Å². The smallest absolute Gasteiger partial charge is 0.408 e. The Hall–Kier alpha value is -3.01. The number of rotatable bonds is 10. The van der Waals surface area contributed by atoms with Crippen LogP contribution in [-0.4, -0.2) is 65.7 Å². The van der Waals surface area contributed by atoms with Crippen LogP contribution in [0.4, 0.5) is 4.79 Å². The molecule has 4 saturated carbocycles. The predicted octanol–water partition coefficient (Wildman–Crippen LogP) is 5.99. The molecule has 0 bridgehead atoms. The number of amides is 1. The van der Waals surface area contributed by atoms with Crippen molar-refractivity contribution < 1.29 is 43.3 Å². The van der Waals surface area contributed by atoms with Crippen LogP contribution in [0.15, 0.2) is 24.3 Å². The molecule has 10 heteroatoms. The van der Waals surface area contributed by atoms with Gasteiger partial charge in [0.15, 0.2) is 17.7 Å². The highest BCUT2D eigenvalue weighted by atomic mass is 16.6. The Bertz CT molecular complexity index is 1480. The van der Waals surface area contributed by atoms with Crippen LogP contribution in [0.25, 0.3) is 0 Å². The Morgan fingerprint density at radius 1 is 1.08 bits per heavy atom. The van der Waals surface area contributed by atoms with Gasteiger partial charge in [-0.15, -0.1) is 0 Å². The lowest BCUT2D eigenvalue weighted by Gasteiger charge is -2.61. The molecule has 3 unspecified atom stereocenters. The van der Waals surface area contributed by atoms with Crippen molar-refractivity contribution in [3.8, 4) is 0 Å². The van der Waals surface area contributed by atoms with Gasteiger partial charge < -0.3 is 24.6 Å². The summed E-state index contributed by atoms with van der Waals surface area (Å²) >= 11 is 0. The number of nitrogens with one attached hydrogen (secondary N) is 1. The van der Waals surface area contributed by atoms with E-state index in [1.807, 2.05) is 13.0 Å². The fourth-order valence-corrected chi connectivity index (χ4v) is 12.1. The molecule has 0 radical (unpaired) electrons. The lowest BCUT2D eigenvalue weighted by molar-refractivity contribution is -0.167. The summed E-state index contributed by atoms with van der Waals surface area (Å²) in [7, 11) is 0. The van der Waals surface area contributed by atoms with Crippen molar-refractivity contribution in [2.45, 2.75) is 119 Å². The fraction of sp³-hybridized carbons (Fsp3) is 0.775. The zero-order valence-corrected chi connectivity index (χ0v) is 31.7. The summed E-state index contributed by atoms with van der Waals surface area (Å²) in [5.41, 5.74) is -1.31. The van der Waals surface area contributed by atoms with Crippen LogP contribution in [-0.2, 0) is 33.4 Å². The number of esters is 2. The number of hydrogen-bond acceptors (Lipinski definition) is 9. The van der Waals surface area contributed by atoms with E-state index in [1.165, 1.54) is 6.92 Å². The third-order valence-corrected chi connectivity index (χ3v) is 14.5. The maximum Gasteiger partial charge on any atom is 0.408 e. The number of Topliss-reactive ketones (excluding diaryl/α,β-unsaturated/α-hetero) is 1. The topological polar surface area (TPSA) is 145 Å². The molecule has 5 aliphatic rings. The van der Waals surface area contributed by atoms with E-state index in [9.17, 15) is 29.1 Å². The number of ketones is 2. The number of aliphatic hydroxyl groups excluding tert-OH is 1. The maximum atomic E-state index is 14.2. The normalized spacial score (nSPS) is 40.1. The minimum absolute atomic E-state index is 0.00490. The molecule has 50 heavy (non-hydrogen) atoms. The minimum Gasteiger partial charge on any atom is -0.462 e. The van der Waals surface area contributed by atoms with Gasteiger partial charge in [0, 0.05) is 42.6 Å². The number of carbonyl (C=O) groups is 5. The van der Waals surface area contributed by atoms with E-state index in [1.54, 1.807) is 27.7 Å². The second-order valence-electron chi connectivity index (χ2n) is 17.8. The monoisotopic (exact) mass is 697 g/mol. The van der Waals surface area contributed by atoms with E-state index < -0.39 is 65.4 Å². The maximum absolute atomic E-state index is 14.2. The Labute approximate surface area is 297 Å². The van der Waals surface area contributed by atoms with Crippen LogP contribution < -0.4 is 5.32 Å². The predicted molar refractivity (Wildman–Crippen MR) is 186 cm³/mol. The number of fused-ring (bicyclic) bond motifs is 2. The fourth-order valence-electron chi connectivity index (χ4n) is 12.1. The number of carbonyl (C=O) groups excluding carboxylic acids is 5. The van der Waals surface area contributed by atoms with Gasteiger partial charge in [0.1, 0.15) is 18.2 Å². The first-order valence-electron chi connectivity index (χ1n) is 18.5. The molecular weight excluding hydrogens is 638 g/mol. The summed E-state index contributed by atoms with van der Waals surface area (Å²) in [5, 5.41) is 12.3. The molecular formula is C40H59NO9. The van der Waals surface area contributed by atoms with Crippen molar-refractivity contribution in [3.63, 3.8) is 0 Å². The first-order valence-corrected chi connectivity index (χ1v) is 18.5. The number of allylic oxidation sites excluding steroid dienone is 2. The summed E-state index contributed by atoms with van der Waals surface area (Å²) < 4.78 is 17.4. The molecule has 4 fully saturated rings.